The minimum atomic E-state index is -0.741. The molecule has 1 heterocycles. The Bertz CT molecular complexity index is 1090. The van der Waals surface area contributed by atoms with E-state index in [0.717, 1.165) is 19.6 Å². The number of amides is 1. The molecule has 1 unspecified atom stereocenters. The highest BCUT2D eigenvalue weighted by Gasteiger charge is 2.46. The maximum Gasteiger partial charge on any atom is 0.295 e. The Morgan fingerprint density at radius 1 is 1.06 bits per heavy atom. The summed E-state index contributed by atoms with van der Waals surface area (Å²) in [6, 6.07) is 13.5. The zero-order chi connectivity index (χ0) is 26.1. The molecule has 0 aliphatic carbocycles. The molecule has 2 aromatic rings. The molecule has 2 aromatic carbocycles. The number of hydrogen-bond acceptors (Lipinski definition) is 6. The second kappa shape index (κ2) is 12.9. The number of benzene rings is 2. The van der Waals surface area contributed by atoms with Crippen LogP contribution in [0.3, 0.4) is 0 Å². The highest BCUT2D eigenvalue weighted by molar-refractivity contribution is 6.46. The molecule has 192 valence electrons. The molecule has 1 saturated heterocycles. The van der Waals surface area contributed by atoms with Gasteiger partial charge in [0.1, 0.15) is 12.4 Å². The van der Waals surface area contributed by atoms with Crippen molar-refractivity contribution < 1.29 is 24.2 Å². The van der Waals surface area contributed by atoms with Gasteiger partial charge in [-0.1, -0.05) is 62.9 Å². The van der Waals surface area contributed by atoms with Crippen LogP contribution in [0.25, 0.3) is 5.76 Å². The number of ketones is 1. The van der Waals surface area contributed by atoms with Gasteiger partial charge in [-0.05, 0) is 50.7 Å². The first-order valence-corrected chi connectivity index (χ1v) is 12.5. The molecular formula is C29H36N2O5. The number of aliphatic hydroxyl groups is 1. The first kappa shape index (κ1) is 27.0. The minimum Gasteiger partial charge on any atom is -0.507 e. The second-order valence-corrected chi connectivity index (χ2v) is 8.48. The van der Waals surface area contributed by atoms with Gasteiger partial charge in [-0.15, -0.1) is 0 Å². The monoisotopic (exact) mass is 492 g/mol. The normalized spacial score (nSPS) is 17.0. The molecule has 0 spiro atoms. The standard InChI is InChI=1S/C29H36N2O5/c1-5-19-36-23-16-15-22(20-24(23)35-8-4)26-25(27(32)21-13-10-9-11-14-21)28(33)29(34)31(26)18-12-17-30(6-2)7-3/h5,9-11,13-16,20,26,32H,1,6-8,12,17-19H2,2-4H3/b27-25+. The van der Waals surface area contributed by atoms with Gasteiger partial charge in [-0.3, -0.25) is 9.59 Å². The summed E-state index contributed by atoms with van der Waals surface area (Å²) < 4.78 is 11.5. The van der Waals surface area contributed by atoms with Crippen molar-refractivity contribution in [1.82, 2.24) is 9.80 Å². The summed E-state index contributed by atoms with van der Waals surface area (Å²) in [5.74, 6) is -0.432. The van der Waals surface area contributed by atoms with Crippen molar-refractivity contribution in [3.05, 3.63) is 77.9 Å². The van der Waals surface area contributed by atoms with Gasteiger partial charge in [0, 0.05) is 12.1 Å². The number of aliphatic hydroxyl groups excluding tert-OH is 1. The topological polar surface area (TPSA) is 79.3 Å². The summed E-state index contributed by atoms with van der Waals surface area (Å²) in [4.78, 5) is 30.3. The smallest absolute Gasteiger partial charge is 0.295 e. The van der Waals surface area contributed by atoms with Crippen LogP contribution in [0.4, 0.5) is 0 Å². The van der Waals surface area contributed by atoms with Crippen LogP contribution < -0.4 is 9.47 Å². The van der Waals surface area contributed by atoms with Crippen LogP contribution in [-0.2, 0) is 9.59 Å². The molecule has 0 aromatic heterocycles. The Kier molecular flexibility index (Phi) is 9.70. The van der Waals surface area contributed by atoms with E-state index in [1.54, 1.807) is 47.4 Å². The lowest BCUT2D eigenvalue weighted by atomic mass is 9.95. The summed E-state index contributed by atoms with van der Waals surface area (Å²) in [5, 5.41) is 11.2. The first-order chi connectivity index (χ1) is 17.5. The van der Waals surface area contributed by atoms with E-state index in [1.165, 1.54) is 0 Å². The van der Waals surface area contributed by atoms with E-state index in [-0.39, 0.29) is 11.3 Å². The minimum absolute atomic E-state index is 0.0799. The van der Waals surface area contributed by atoms with Crippen LogP contribution in [-0.4, -0.2) is 66.0 Å². The fraction of sp³-hybridized carbons (Fsp3) is 0.379. The number of ether oxygens (including phenoxy) is 2. The molecule has 0 bridgehead atoms. The molecule has 36 heavy (non-hydrogen) atoms. The summed E-state index contributed by atoms with van der Waals surface area (Å²) in [6.07, 6.45) is 2.35. The van der Waals surface area contributed by atoms with E-state index >= 15 is 0 Å². The fourth-order valence-corrected chi connectivity index (χ4v) is 4.44. The van der Waals surface area contributed by atoms with E-state index < -0.39 is 17.7 Å². The van der Waals surface area contributed by atoms with E-state index in [4.69, 9.17) is 9.47 Å². The quantitative estimate of drug-likeness (QED) is 0.187. The third kappa shape index (κ3) is 5.97. The fourth-order valence-electron chi connectivity index (χ4n) is 4.44. The summed E-state index contributed by atoms with van der Waals surface area (Å²) in [6.45, 7) is 13.5. The highest BCUT2D eigenvalue weighted by Crippen LogP contribution is 2.42. The number of carbonyl (C=O) groups is 2. The van der Waals surface area contributed by atoms with Crippen LogP contribution in [0.15, 0.2) is 66.8 Å². The number of nitrogens with zero attached hydrogens (tertiary/aromatic N) is 2. The van der Waals surface area contributed by atoms with Gasteiger partial charge >= 0.3 is 0 Å². The van der Waals surface area contributed by atoms with Crippen molar-refractivity contribution in [1.29, 1.82) is 0 Å². The predicted octanol–water partition coefficient (Wildman–Crippen LogP) is 4.80. The molecule has 1 aliphatic heterocycles. The lowest BCUT2D eigenvalue weighted by Gasteiger charge is -2.27. The van der Waals surface area contributed by atoms with Crippen molar-refractivity contribution >= 4 is 17.4 Å². The Balaban J connectivity index is 2.08. The second-order valence-electron chi connectivity index (χ2n) is 8.48. The molecule has 1 atom stereocenters. The lowest BCUT2D eigenvalue weighted by molar-refractivity contribution is -0.140. The van der Waals surface area contributed by atoms with E-state index in [2.05, 4.69) is 25.3 Å². The van der Waals surface area contributed by atoms with Gasteiger partial charge in [-0.2, -0.15) is 0 Å². The molecule has 7 heteroatoms. The van der Waals surface area contributed by atoms with Crippen molar-refractivity contribution in [2.45, 2.75) is 33.2 Å². The Morgan fingerprint density at radius 2 is 1.78 bits per heavy atom. The number of carbonyl (C=O) groups excluding carboxylic acids is 2. The zero-order valence-electron chi connectivity index (χ0n) is 21.4. The van der Waals surface area contributed by atoms with Crippen molar-refractivity contribution in [2.24, 2.45) is 0 Å². The molecule has 7 nitrogen and oxygen atoms in total. The largest absolute Gasteiger partial charge is 0.507 e. The molecule has 1 N–H and O–H groups in total. The Hall–Kier alpha value is -3.58. The maximum absolute atomic E-state index is 13.3. The van der Waals surface area contributed by atoms with Crippen LogP contribution in [0.2, 0.25) is 0 Å². The molecule has 3 rings (SSSR count). The van der Waals surface area contributed by atoms with Crippen LogP contribution >= 0.6 is 0 Å². The molecule has 1 fully saturated rings. The number of rotatable bonds is 13. The first-order valence-electron chi connectivity index (χ1n) is 12.5. The zero-order valence-corrected chi connectivity index (χ0v) is 21.4. The molecule has 0 saturated carbocycles. The highest BCUT2D eigenvalue weighted by atomic mass is 16.5. The average molecular weight is 493 g/mol. The van der Waals surface area contributed by atoms with Crippen LogP contribution in [0.5, 0.6) is 11.5 Å². The van der Waals surface area contributed by atoms with Crippen LogP contribution in [0.1, 0.15) is 44.4 Å². The van der Waals surface area contributed by atoms with Crippen molar-refractivity contribution in [2.75, 3.05) is 39.4 Å². The predicted molar refractivity (Wildman–Crippen MR) is 141 cm³/mol. The van der Waals surface area contributed by atoms with Gasteiger partial charge in [0.05, 0.1) is 18.2 Å². The summed E-state index contributed by atoms with van der Waals surface area (Å²) >= 11 is 0. The third-order valence-corrected chi connectivity index (χ3v) is 6.30. The van der Waals surface area contributed by atoms with Gasteiger partial charge < -0.3 is 24.4 Å². The average Bonchev–Trinajstić information content (AvgIpc) is 3.15. The Morgan fingerprint density at radius 3 is 2.42 bits per heavy atom. The summed E-state index contributed by atoms with van der Waals surface area (Å²) in [7, 11) is 0. The van der Waals surface area contributed by atoms with Gasteiger partial charge in [-0.25, -0.2) is 0 Å². The van der Waals surface area contributed by atoms with E-state index in [0.29, 0.717) is 48.8 Å². The number of Topliss-reactive ketones (excluding diaryl/α,β-unsaturated/α-hetero) is 1. The number of hydrogen-bond donors (Lipinski definition) is 1. The van der Waals surface area contributed by atoms with Crippen molar-refractivity contribution in [3.8, 4) is 11.5 Å². The third-order valence-electron chi connectivity index (χ3n) is 6.30. The molecule has 1 aliphatic rings. The Labute approximate surface area is 213 Å². The van der Waals surface area contributed by atoms with Crippen molar-refractivity contribution in [3.63, 3.8) is 0 Å². The van der Waals surface area contributed by atoms with Gasteiger partial charge in [0.25, 0.3) is 11.7 Å². The maximum atomic E-state index is 13.3. The molecule has 0 radical (unpaired) electrons. The van der Waals surface area contributed by atoms with E-state index in [1.807, 2.05) is 19.1 Å². The van der Waals surface area contributed by atoms with Crippen LogP contribution in [0, 0.1) is 0 Å². The SMILES string of the molecule is C=CCOc1ccc(C2/C(=C(\O)c3ccccc3)C(=O)C(=O)N2CCCN(CC)CC)cc1OCC. The van der Waals surface area contributed by atoms with E-state index in [9.17, 15) is 14.7 Å². The van der Waals surface area contributed by atoms with Gasteiger partial charge in [0.15, 0.2) is 11.5 Å². The summed E-state index contributed by atoms with van der Waals surface area (Å²) in [5.41, 5.74) is 1.24. The lowest BCUT2D eigenvalue weighted by Crippen LogP contribution is -2.33. The van der Waals surface area contributed by atoms with Gasteiger partial charge in [0.2, 0.25) is 0 Å². The number of likely N-dealkylation sites (tertiary alicyclic amines) is 1. The molecular weight excluding hydrogens is 456 g/mol. The molecule has 1 amide bonds.